The Hall–Kier alpha value is -3.18. The first-order valence-electron chi connectivity index (χ1n) is 8.04. The van der Waals surface area contributed by atoms with Crippen LogP contribution in [0.5, 0.6) is 5.75 Å². The van der Waals surface area contributed by atoms with Crippen LogP contribution in [-0.4, -0.2) is 12.1 Å². The molecular weight excluding hydrogens is 346 g/mol. The molecule has 0 atom stereocenters. The Morgan fingerprint density at radius 3 is 2.69 bits per heavy atom. The number of hydrogen-bond donors (Lipinski definition) is 0. The van der Waals surface area contributed by atoms with Crippen LogP contribution >= 0.6 is 11.3 Å². The first-order chi connectivity index (χ1) is 12.7. The van der Waals surface area contributed by atoms with Crippen LogP contribution in [0.1, 0.15) is 10.6 Å². The number of para-hydroxylation sites is 1. The molecule has 0 aliphatic heterocycles. The van der Waals surface area contributed by atoms with Gasteiger partial charge in [-0.25, -0.2) is 9.78 Å². The van der Waals surface area contributed by atoms with Gasteiger partial charge in [0.15, 0.2) is 0 Å². The predicted molar refractivity (Wildman–Crippen MR) is 106 cm³/mol. The van der Waals surface area contributed by atoms with E-state index < -0.39 is 0 Å². The number of fused-ring (bicyclic) bond motifs is 1. The van der Waals surface area contributed by atoms with Gasteiger partial charge in [0, 0.05) is 10.8 Å². The van der Waals surface area contributed by atoms with Gasteiger partial charge in [-0.1, -0.05) is 36.4 Å². The molecule has 2 aromatic carbocycles. The molecule has 0 saturated heterocycles. The van der Waals surface area contributed by atoms with E-state index in [0.29, 0.717) is 16.8 Å². The van der Waals surface area contributed by atoms with E-state index in [0.717, 1.165) is 21.7 Å². The van der Waals surface area contributed by atoms with Gasteiger partial charge in [0.25, 0.3) is 0 Å². The van der Waals surface area contributed by atoms with Crippen molar-refractivity contribution in [1.82, 2.24) is 4.98 Å². The van der Waals surface area contributed by atoms with E-state index >= 15 is 0 Å². The van der Waals surface area contributed by atoms with Gasteiger partial charge in [0.1, 0.15) is 16.3 Å². The second-order valence-electron chi connectivity index (χ2n) is 5.66. The van der Waals surface area contributed by atoms with Crippen LogP contribution in [0, 0.1) is 0 Å². The van der Waals surface area contributed by atoms with Crippen molar-refractivity contribution >= 4 is 34.5 Å². The van der Waals surface area contributed by atoms with E-state index in [1.165, 1.54) is 11.3 Å². The maximum absolute atomic E-state index is 12.3. The third-order valence-corrected chi connectivity index (χ3v) is 4.78. The van der Waals surface area contributed by atoms with Crippen molar-refractivity contribution in [2.24, 2.45) is 0 Å². The van der Waals surface area contributed by atoms with Gasteiger partial charge in [-0.05, 0) is 35.9 Å². The summed E-state index contributed by atoms with van der Waals surface area (Å²) < 4.78 is 10.5. The standard InChI is InChI=1S/C21H15NO3S/c1-24-16-9-6-14(7-10-16)8-11-20-22-18(13-26-20)17-12-15-4-2-3-5-19(15)25-21(17)23/h2-13H,1H3/b11-8+. The highest BCUT2D eigenvalue weighted by Crippen LogP contribution is 2.24. The van der Waals surface area contributed by atoms with Crippen LogP contribution in [0.25, 0.3) is 34.4 Å². The minimum atomic E-state index is -0.375. The largest absolute Gasteiger partial charge is 0.497 e. The molecule has 26 heavy (non-hydrogen) atoms. The monoisotopic (exact) mass is 361 g/mol. The van der Waals surface area contributed by atoms with Crippen LogP contribution in [0.3, 0.4) is 0 Å². The molecule has 0 radical (unpaired) electrons. The molecular formula is C21H15NO3S. The second kappa shape index (κ2) is 6.98. The number of rotatable bonds is 4. The summed E-state index contributed by atoms with van der Waals surface area (Å²) in [5.41, 5.74) is 2.36. The zero-order valence-corrected chi connectivity index (χ0v) is 14.8. The molecule has 0 aliphatic rings. The van der Waals surface area contributed by atoms with Gasteiger partial charge in [-0.2, -0.15) is 0 Å². The molecule has 0 bridgehead atoms. The molecule has 0 aliphatic carbocycles. The minimum absolute atomic E-state index is 0.375. The van der Waals surface area contributed by atoms with Gasteiger partial charge in [0.05, 0.1) is 18.4 Å². The molecule has 4 rings (SSSR count). The molecule has 2 heterocycles. The first kappa shape index (κ1) is 16.3. The lowest BCUT2D eigenvalue weighted by atomic mass is 10.1. The Kier molecular flexibility index (Phi) is 4.37. The Bertz CT molecular complexity index is 1140. The van der Waals surface area contributed by atoms with Crippen molar-refractivity contribution in [2.75, 3.05) is 7.11 Å². The van der Waals surface area contributed by atoms with Gasteiger partial charge < -0.3 is 9.15 Å². The molecule has 4 aromatic rings. The Labute approximate surface area is 154 Å². The topological polar surface area (TPSA) is 52.3 Å². The molecule has 2 aromatic heterocycles. The number of thiazole rings is 1. The summed E-state index contributed by atoms with van der Waals surface area (Å²) in [5, 5.41) is 3.57. The number of nitrogens with zero attached hydrogens (tertiary/aromatic N) is 1. The average molecular weight is 361 g/mol. The number of benzene rings is 2. The summed E-state index contributed by atoms with van der Waals surface area (Å²) in [6.07, 6.45) is 3.91. The van der Waals surface area contributed by atoms with E-state index in [1.54, 1.807) is 13.2 Å². The van der Waals surface area contributed by atoms with E-state index in [9.17, 15) is 4.79 Å². The molecule has 0 spiro atoms. The van der Waals surface area contributed by atoms with E-state index in [1.807, 2.05) is 66.1 Å². The molecule has 4 nitrogen and oxygen atoms in total. The lowest BCUT2D eigenvalue weighted by Gasteiger charge is -1.99. The number of ether oxygens (including phenoxy) is 1. The molecule has 128 valence electrons. The summed E-state index contributed by atoms with van der Waals surface area (Å²) in [6.45, 7) is 0. The SMILES string of the molecule is COc1ccc(/C=C/c2nc(-c3cc4ccccc4oc3=O)cs2)cc1. The van der Waals surface area contributed by atoms with Gasteiger partial charge >= 0.3 is 5.63 Å². The van der Waals surface area contributed by atoms with Crippen molar-refractivity contribution in [3.8, 4) is 17.0 Å². The highest BCUT2D eigenvalue weighted by atomic mass is 32.1. The highest BCUT2D eigenvalue weighted by Gasteiger charge is 2.10. The van der Waals surface area contributed by atoms with Crippen LogP contribution in [0.2, 0.25) is 0 Å². The van der Waals surface area contributed by atoms with Crippen LogP contribution in [-0.2, 0) is 0 Å². The summed E-state index contributed by atoms with van der Waals surface area (Å²) >= 11 is 1.48. The van der Waals surface area contributed by atoms with Crippen molar-refractivity contribution in [3.63, 3.8) is 0 Å². The van der Waals surface area contributed by atoms with E-state index in [4.69, 9.17) is 9.15 Å². The molecule has 5 heteroatoms. The third-order valence-electron chi connectivity index (χ3n) is 3.97. The smallest absolute Gasteiger partial charge is 0.345 e. The van der Waals surface area contributed by atoms with E-state index in [-0.39, 0.29) is 5.63 Å². The van der Waals surface area contributed by atoms with Crippen molar-refractivity contribution < 1.29 is 9.15 Å². The lowest BCUT2D eigenvalue weighted by molar-refractivity contribution is 0.415. The molecule has 0 unspecified atom stereocenters. The van der Waals surface area contributed by atoms with Gasteiger partial charge in [0.2, 0.25) is 0 Å². The molecule has 0 amide bonds. The predicted octanol–water partition coefficient (Wildman–Crippen LogP) is 5.10. The highest BCUT2D eigenvalue weighted by molar-refractivity contribution is 7.10. The Morgan fingerprint density at radius 1 is 1.08 bits per heavy atom. The van der Waals surface area contributed by atoms with Crippen molar-refractivity contribution in [2.45, 2.75) is 0 Å². The maximum atomic E-state index is 12.3. The zero-order chi connectivity index (χ0) is 17.9. The zero-order valence-electron chi connectivity index (χ0n) is 14.0. The normalized spacial score (nSPS) is 11.3. The average Bonchev–Trinajstić information content (AvgIpc) is 3.15. The first-order valence-corrected chi connectivity index (χ1v) is 8.92. The number of methoxy groups -OCH3 is 1. The maximum Gasteiger partial charge on any atom is 0.345 e. The molecule has 0 saturated carbocycles. The summed E-state index contributed by atoms with van der Waals surface area (Å²) in [7, 11) is 1.64. The lowest BCUT2D eigenvalue weighted by Crippen LogP contribution is -2.02. The fourth-order valence-electron chi connectivity index (χ4n) is 2.61. The van der Waals surface area contributed by atoms with Gasteiger partial charge in [-0.15, -0.1) is 11.3 Å². The van der Waals surface area contributed by atoms with Crippen LogP contribution < -0.4 is 10.4 Å². The quantitative estimate of drug-likeness (QED) is 0.475. The van der Waals surface area contributed by atoms with Crippen LogP contribution in [0.15, 0.2) is 69.2 Å². The Balaban J connectivity index is 1.62. The van der Waals surface area contributed by atoms with Crippen LogP contribution in [0.4, 0.5) is 0 Å². The fraction of sp³-hybridized carbons (Fsp3) is 0.0476. The van der Waals surface area contributed by atoms with Crippen molar-refractivity contribution in [1.29, 1.82) is 0 Å². The second-order valence-corrected chi connectivity index (χ2v) is 6.55. The summed E-state index contributed by atoms with van der Waals surface area (Å²) in [5.74, 6) is 0.821. The van der Waals surface area contributed by atoms with Gasteiger partial charge in [-0.3, -0.25) is 0 Å². The minimum Gasteiger partial charge on any atom is -0.497 e. The summed E-state index contributed by atoms with van der Waals surface area (Å²) in [4.78, 5) is 16.8. The molecule has 0 fully saturated rings. The fourth-order valence-corrected chi connectivity index (χ4v) is 3.32. The third kappa shape index (κ3) is 3.30. The Morgan fingerprint density at radius 2 is 1.88 bits per heavy atom. The van der Waals surface area contributed by atoms with Crippen molar-refractivity contribution in [3.05, 3.63) is 81.0 Å². The summed E-state index contributed by atoms with van der Waals surface area (Å²) in [6, 6.07) is 17.0. The molecule has 0 N–H and O–H groups in total. The van der Waals surface area contributed by atoms with E-state index in [2.05, 4.69) is 4.98 Å². The number of aromatic nitrogens is 1. The number of hydrogen-bond acceptors (Lipinski definition) is 5.